The van der Waals surface area contributed by atoms with Crippen LogP contribution in [0.3, 0.4) is 0 Å². The van der Waals surface area contributed by atoms with E-state index >= 15 is 0 Å². The van der Waals surface area contributed by atoms with Crippen molar-refractivity contribution in [1.82, 2.24) is 15.1 Å². The third-order valence-corrected chi connectivity index (χ3v) is 6.59. The lowest BCUT2D eigenvalue weighted by molar-refractivity contribution is 0.0950. The number of halogens is 1. The molecule has 0 fully saturated rings. The first-order chi connectivity index (χ1) is 16.3. The summed E-state index contributed by atoms with van der Waals surface area (Å²) < 4.78 is 42.9. The fourth-order valence-corrected chi connectivity index (χ4v) is 4.53. The second-order valence-corrected chi connectivity index (χ2v) is 9.48. The molecule has 34 heavy (non-hydrogen) atoms. The SMILES string of the molecule is Cc1ccc(S(=O)(=O)Nc2ccc(F)cc2)cc1C(=O)NCc1cccc(Cn2cccn2)c1. The molecule has 4 aromatic rings. The van der Waals surface area contributed by atoms with Crippen molar-refractivity contribution < 1.29 is 17.6 Å². The summed E-state index contributed by atoms with van der Waals surface area (Å²) in [5, 5.41) is 7.06. The Hall–Kier alpha value is -3.98. The zero-order chi connectivity index (χ0) is 24.1. The Kier molecular flexibility index (Phi) is 6.74. The molecule has 2 N–H and O–H groups in total. The summed E-state index contributed by atoms with van der Waals surface area (Å²) in [6.07, 6.45) is 3.60. The quantitative estimate of drug-likeness (QED) is 0.399. The van der Waals surface area contributed by atoms with E-state index in [0.29, 0.717) is 12.1 Å². The van der Waals surface area contributed by atoms with E-state index in [1.807, 2.05) is 41.2 Å². The summed E-state index contributed by atoms with van der Waals surface area (Å²) in [4.78, 5) is 12.8. The molecule has 0 bridgehead atoms. The third kappa shape index (κ3) is 5.68. The molecule has 0 atom stereocenters. The molecule has 0 unspecified atom stereocenters. The smallest absolute Gasteiger partial charge is 0.261 e. The highest BCUT2D eigenvalue weighted by molar-refractivity contribution is 7.92. The van der Waals surface area contributed by atoms with Crippen LogP contribution < -0.4 is 10.0 Å². The second-order valence-electron chi connectivity index (χ2n) is 7.80. The zero-order valence-electron chi connectivity index (χ0n) is 18.4. The molecular formula is C25H23FN4O3S. The van der Waals surface area contributed by atoms with Crippen LogP contribution in [0.15, 0.2) is 90.1 Å². The van der Waals surface area contributed by atoms with Gasteiger partial charge in [0.2, 0.25) is 0 Å². The molecule has 1 aromatic heterocycles. The number of rotatable bonds is 8. The minimum absolute atomic E-state index is 0.0613. The van der Waals surface area contributed by atoms with Gasteiger partial charge in [-0.1, -0.05) is 30.3 Å². The van der Waals surface area contributed by atoms with Crippen molar-refractivity contribution >= 4 is 21.6 Å². The molecule has 0 radical (unpaired) electrons. The minimum atomic E-state index is -3.96. The van der Waals surface area contributed by atoms with Crippen LogP contribution in [-0.2, 0) is 23.1 Å². The van der Waals surface area contributed by atoms with E-state index in [0.717, 1.165) is 23.3 Å². The number of aromatic nitrogens is 2. The summed E-state index contributed by atoms with van der Waals surface area (Å²) in [6, 6.07) is 19.0. The first kappa shape index (κ1) is 23.2. The zero-order valence-corrected chi connectivity index (χ0v) is 19.2. The van der Waals surface area contributed by atoms with Crippen LogP contribution in [-0.4, -0.2) is 24.1 Å². The fraction of sp³-hybridized carbons (Fsp3) is 0.120. The maximum atomic E-state index is 13.1. The number of hydrogen-bond donors (Lipinski definition) is 2. The molecule has 174 valence electrons. The second kappa shape index (κ2) is 9.88. The summed E-state index contributed by atoms with van der Waals surface area (Å²) >= 11 is 0. The van der Waals surface area contributed by atoms with Crippen LogP contribution in [0, 0.1) is 12.7 Å². The molecule has 1 amide bonds. The van der Waals surface area contributed by atoms with Gasteiger partial charge >= 0.3 is 0 Å². The molecule has 0 aliphatic rings. The average molecular weight is 479 g/mol. The molecule has 0 aliphatic heterocycles. The van der Waals surface area contributed by atoms with Gasteiger partial charge in [-0.3, -0.25) is 14.2 Å². The molecule has 7 nitrogen and oxygen atoms in total. The molecule has 3 aromatic carbocycles. The number of nitrogens with zero attached hydrogens (tertiary/aromatic N) is 2. The number of nitrogens with one attached hydrogen (secondary N) is 2. The van der Waals surface area contributed by atoms with Gasteiger partial charge < -0.3 is 5.32 Å². The largest absolute Gasteiger partial charge is 0.348 e. The van der Waals surface area contributed by atoms with Crippen molar-refractivity contribution in [3.63, 3.8) is 0 Å². The van der Waals surface area contributed by atoms with Crippen molar-refractivity contribution in [3.05, 3.63) is 113 Å². The first-order valence-corrected chi connectivity index (χ1v) is 12.0. The maximum absolute atomic E-state index is 13.1. The Balaban J connectivity index is 1.46. The Morgan fingerprint density at radius 3 is 2.50 bits per heavy atom. The van der Waals surface area contributed by atoms with E-state index in [4.69, 9.17) is 0 Å². The van der Waals surface area contributed by atoms with Gasteiger partial charge in [0.25, 0.3) is 15.9 Å². The highest BCUT2D eigenvalue weighted by atomic mass is 32.2. The first-order valence-electron chi connectivity index (χ1n) is 10.5. The van der Waals surface area contributed by atoms with Crippen molar-refractivity contribution in [3.8, 4) is 0 Å². The number of carbonyl (C=O) groups is 1. The molecule has 4 rings (SSSR count). The fourth-order valence-electron chi connectivity index (χ4n) is 3.44. The van der Waals surface area contributed by atoms with E-state index in [-0.39, 0.29) is 28.6 Å². The van der Waals surface area contributed by atoms with Crippen LogP contribution >= 0.6 is 0 Å². The summed E-state index contributed by atoms with van der Waals surface area (Å²) in [6.45, 7) is 2.65. The molecule has 0 spiro atoms. The molecule has 1 heterocycles. The van der Waals surface area contributed by atoms with Gasteiger partial charge in [0.15, 0.2) is 0 Å². The van der Waals surface area contributed by atoms with Crippen molar-refractivity contribution in [1.29, 1.82) is 0 Å². The third-order valence-electron chi connectivity index (χ3n) is 5.21. The predicted molar refractivity (Wildman–Crippen MR) is 127 cm³/mol. The lowest BCUT2D eigenvalue weighted by Gasteiger charge is -2.12. The van der Waals surface area contributed by atoms with Crippen molar-refractivity contribution in [2.24, 2.45) is 0 Å². The summed E-state index contributed by atoms with van der Waals surface area (Å²) in [5.74, 6) is -0.849. The lowest BCUT2D eigenvalue weighted by Crippen LogP contribution is -2.24. The number of sulfonamides is 1. The Morgan fingerprint density at radius 1 is 1.00 bits per heavy atom. The number of hydrogen-bond acceptors (Lipinski definition) is 4. The number of carbonyl (C=O) groups excluding carboxylic acids is 1. The van der Waals surface area contributed by atoms with Gasteiger partial charge in [-0.25, -0.2) is 12.8 Å². The highest BCUT2D eigenvalue weighted by Gasteiger charge is 2.18. The monoisotopic (exact) mass is 478 g/mol. The Morgan fingerprint density at radius 2 is 1.76 bits per heavy atom. The molecular weight excluding hydrogens is 455 g/mol. The molecule has 9 heteroatoms. The van der Waals surface area contributed by atoms with Crippen LogP contribution in [0.4, 0.5) is 10.1 Å². The number of anilines is 1. The molecule has 0 aliphatic carbocycles. The van der Waals surface area contributed by atoms with Gasteiger partial charge in [0.1, 0.15) is 5.82 Å². The van der Waals surface area contributed by atoms with Crippen LogP contribution in [0.5, 0.6) is 0 Å². The van der Waals surface area contributed by atoms with Crippen LogP contribution in [0.2, 0.25) is 0 Å². The molecule has 0 saturated heterocycles. The normalized spacial score (nSPS) is 11.2. The van der Waals surface area contributed by atoms with Gasteiger partial charge in [-0.15, -0.1) is 0 Å². The topological polar surface area (TPSA) is 93.1 Å². The Bertz CT molecular complexity index is 1400. The van der Waals surface area contributed by atoms with E-state index < -0.39 is 15.8 Å². The highest BCUT2D eigenvalue weighted by Crippen LogP contribution is 2.20. The van der Waals surface area contributed by atoms with Gasteiger partial charge in [0.05, 0.1) is 11.4 Å². The predicted octanol–water partition coefficient (Wildman–Crippen LogP) is 4.11. The van der Waals surface area contributed by atoms with Gasteiger partial charge in [-0.2, -0.15) is 5.10 Å². The van der Waals surface area contributed by atoms with E-state index in [1.165, 1.54) is 24.3 Å². The number of amides is 1. The van der Waals surface area contributed by atoms with Crippen LogP contribution in [0.1, 0.15) is 27.0 Å². The standard InChI is InChI=1S/C25H23FN4O3S/c1-18-6-11-23(34(32,33)29-22-9-7-21(26)8-10-22)15-24(18)25(31)27-16-19-4-2-5-20(14-19)17-30-13-3-12-28-30/h2-15,29H,16-17H2,1H3,(H,27,31). The van der Waals surface area contributed by atoms with Crippen molar-refractivity contribution in [2.45, 2.75) is 24.9 Å². The number of benzene rings is 3. The van der Waals surface area contributed by atoms with Gasteiger partial charge in [0, 0.05) is 30.2 Å². The van der Waals surface area contributed by atoms with E-state index in [9.17, 15) is 17.6 Å². The Labute approximate surface area is 197 Å². The van der Waals surface area contributed by atoms with Crippen molar-refractivity contribution in [2.75, 3.05) is 4.72 Å². The average Bonchev–Trinajstić information content (AvgIpc) is 3.32. The minimum Gasteiger partial charge on any atom is -0.348 e. The van der Waals surface area contributed by atoms with E-state index in [1.54, 1.807) is 19.2 Å². The maximum Gasteiger partial charge on any atom is 0.261 e. The number of aryl methyl sites for hydroxylation is 1. The van der Waals surface area contributed by atoms with Gasteiger partial charge in [-0.05, 0) is 66.1 Å². The van der Waals surface area contributed by atoms with E-state index in [2.05, 4.69) is 15.1 Å². The summed E-state index contributed by atoms with van der Waals surface area (Å²) in [7, 11) is -3.96. The summed E-state index contributed by atoms with van der Waals surface area (Å²) in [5.41, 5.74) is 3.09. The lowest BCUT2D eigenvalue weighted by atomic mass is 10.1. The molecule has 0 saturated carbocycles. The van der Waals surface area contributed by atoms with Crippen LogP contribution in [0.25, 0.3) is 0 Å².